The second-order valence-electron chi connectivity index (χ2n) is 11.6. The summed E-state index contributed by atoms with van der Waals surface area (Å²) in [4.78, 5) is 22.9. The van der Waals surface area contributed by atoms with Gasteiger partial charge in [0, 0.05) is 48.3 Å². The van der Waals surface area contributed by atoms with Gasteiger partial charge in [-0.3, -0.25) is 9.80 Å². The molecule has 0 unspecified atom stereocenters. The number of pyridine rings is 1. The van der Waals surface area contributed by atoms with E-state index >= 15 is 0 Å². The Morgan fingerprint density at radius 3 is 2.41 bits per heavy atom. The largest absolute Gasteiger partial charge is 0.492 e. The second-order valence-corrected chi connectivity index (χ2v) is 13.7. The molecule has 46 heavy (non-hydrogen) atoms. The van der Waals surface area contributed by atoms with Gasteiger partial charge in [-0.25, -0.2) is 18.2 Å². The number of methoxy groups -OCH3 is 1. The lowest BCUT2D eigenvalue weighted by Gasteiger charge is -2.40. The van der Waals surface area contributed by atoms with Crippen molar-refractivity contribution in [3.8, 4) is 17.0 Å². The summed E-state index contributed by atoms with van der Waals surface area (Å²) in [6.45, 7) is 8.39. The molecule has 2 aliphatic rings. The Balaban J connectivity index is 1.69. The van der Waals surface area contributed by atoms with Crippen LogP contribution in [0.4, 0.5) is 13.2 Å². The summed E-state index contributed by atoms with van der Waals surface area (Å²) in [5.41, 5.74) is 0.195. The second kappa shape index (κ2) is 14.2. The fourth-order valence-corrected chi connectivity index (χ4v) is 7.86. The average Bonchev–Trinajstić information content (AvgIpc) is 3.04. The molecule has 0 saturated carbocycles. The zero-order chi connectivity index (χ0) is 33.1. The molecule has 2 aliphatic heterocycles. The third-order valence-corrected chi connectivity index (χ3v) is 10.5. The molecule has 1 aromatic heterocycles. The molecule has 0 aliphatic carbocycles. The van der Waals surface area contributed by atoms with Crippen molar-refractivity contribution < 1.29 is 40.6 Å². The Bertz CT molecular complexity index is 1670. The van der Waals surface area contributed by atoms with E-state index < -0.39 is 27.5 Å². The number of halogens is 3. The minimum absolute atomic E-state index is 0.0692. The Hall–Kier alpha value is -3.26. The van der Waals surface area contributed by atoms with Gasteiger partial charge in [0.2, 0.25) is 0 Å². The summed E-state index contributed by atoms with van der Waals surface area (Å²) >= 11 is 0. The van der Waals surface area contributed by atoms with Gasteiger partial charge in [-0.05, 0) is 57.5 Å². The van der Waals surface area contributed by atoms with Crippen LogP contribution in [0.2, 0.25) is 0 Å². The highest BCUT2D eigenvalue weighted by Crippen LogP contribution is 2.39. The number of aromatic nitrogens is 1. The first-order valence-corrected chi connectivity index (χ1v) is 17.3. The lowest BCUT2D eigenvalue weighted by Crippen LogP contribution is -2.48. The molecule has 9 nitrogen and oxygen atoms in total. The monoisotopic (exact) mass is 663 g/mol. The molecule has 2 aromatic carbocycles. The molecule has 5 rings (SSSR count). The van der Waals surface area contributed by atoms with Gasteiger partial charge in [-0.2, -0.15) is 13.2 Å². The lowest BCUT2D eigenvalue weighted by molar-refractivity contribution is -0.137. The fourth-order valence-electron chi connectivity index (χ4n) is 6.38. The summed E-state index contributed by atoms with van der Waals surface area (Å²) < 4.78 is 84.7. The van der Waals surface area contributed by atoms with Gasteiger partial charge in [-0.15, -0.1) is 0 Å². The molecule has 0 spiro atoms. The van der Waals surface area contributed by atoms with E-state index in [0.717, 1.165) is 38.1 Å². The predicted octanol–water partition coefficient (Wildman–Crippen LogP) is 5.59. The highest BCUT2D eigenvalue weighted by Gasteiger charge is 2.33. The van der Waals surface area contributed by atoms with Gasteiger partial charge in [0.25, 0.3) is 0 Å². The normalized spacial score (nSPS) is 17.3. The quantitative estimate of drug-likeness (QED) is 0.257. The number of benzene rings is 2. The van der Waals surface area contributed by atoms with Gasteiger partial charge in [-0.1, -0.05) is 19.1 Å². The van der Waals surface area contributed by atoms with Crippen molar-refractivity contribution in [3.63, 3.8) is 0 Å². The minimum atomic E-state index is -4.59. The van der Waals surface area contributed by atoms with Gasteiger partial charge >= 0.3 is 12.1 Å². The van der Waals surface area contributed by atoms with E-state index in [9.17, 15) is 26.4 Å². The van der Waals surface area contributed by atoms with E-state index in [4.69, 9.17) is 19.2 Å². The molecule has 0 radical (unpaired) electrons. The zero-order valence-corrected chi connectivity index (χ0v) is 27.2. The SMILES string of the molecule is CCCS(=O)(=O)c1cc2c(C(=O)OC)c(CN3CCC(N4CCOCC4)CC3)c(-c3cccc(C(F)(F)F)c3)nc2cc1OCC. The maximum Gasteiger partial charge on any atom is 0.416 e. The first-order chi connectivity index (χ1) is 22.0. The minimum Gasteiger partial charge on any atom is -0.492 e. The Labute approximate surface area is 267 Å². The first kappa shape index (κ1) is 34.1. The van der Waals surface area contributed by atoms with Crippen molar-refractivity contribution in [3.05, 3.63) is 53.1 Å². The van der Waals surface area contributed by atoms with Crippen LogP contribution in [-0.4, -0.2) is 94.1 Å². The molecule has 2 saturated heterocycles. The molecule has 0 atom stereocenters. The van der Waals surface area contributed by atoms with E-state index in [1.54, 1.807) is 13.8 Å². The number of morpholine rings is 1. The number of rotatable bonds is 10. The number of carbonyl (C=O) groups is 1. The number of piperidine rings is 1. The molecule has 250 valence electrons. The molecule has 3 aromatic rings. The van der Waals surface area contributed by atoms with Crippen molar-refractivity contribution in [2.24, 2.45) is 0 Å². The van der Waals surface area contributed by atoms with Crippen LogP contribution in [-0.2, 0) is 32.0 Å². The molecule has 0 amide bonds. The van der Waals surface area contributed by atoms with Crippen LogP contribution in [0, 0.1) is 0 Å². The highest BCUT2D eigenvalue weighted by molar-refractivity contribution is 7.91. The maximum atomic E-state index is 13.8. The first-order valence-electron chi connectivity index (χ1n) is 15.6. The third-order valence-electron chi connectivity index (χ3n) is 8.61. The van der Waals surface area contributed by atoms with Crippen molar-refractivity contribution >= 4 is 26.7 Å². The summed E-state index contributed by atoms with van der Waals surface area (Å²) in [7, 11) is -2.58. The van der Waals surface area contributed by atoms with Crippen LogP contribution in [0.5, 0.6) is 5.75 Å². The summed E-state index contributed by atoms with van der Waals surface area (Å²) in [6.07, 6.45) is -2.46. The van der Waals surface area contributed by atoms with Crippen LogP contribution >= 0.6 is 0 Å². The van der Waals surface area contributed by atoms with Crippen LogP contribution in [0.15, 0.2) is 41.3 Å². The molecular formula is C33H40F3N3O6S. The number of fused-ring (bicyclic) bond motifs is 1. The van der Waals surface area contributed by atoms with E-state index in [0.29, 0.717) is 44.3 Å². The topological polar surface area (TPSA) is 98.3 Å². The molecule has 2 fully saturated rings. The number of nitrogens with zero attached hydrogens (tertiary/aromatic N) is 3. The van der Waals surface area contributed by atoms with Crippen LogP contribution in [0.25, 0.3) is 22.2 Å². The predicted molar refractivity (Wildman–Crippen MR) is 168 cm³/mol. The fraction of sp³-hybridized carbons (Fsp3) is 0.515. The van der Waals surface area contributed by atoms with E-state index in [1.165, 1.54) is 31.4 Å². The molecule has 0 bridgehead atoms. The standard InChI is InChI=1S/C33H40F3N3O6S/c1-4-17-46(41,42)29-19-25-27(20-28(29)45-5-2)37-31(22-7-6-8-23(18-22)33(34,35)36)26(30(25)32(40)43-3)21-38-11-9-24(10-12-38)39-13-15-44-16-14-39/h6-8,18-20,24H,4-5,9-17,21H2,1-3H3. The lowest BCUT2D eigenvalue weighted by atomic mass is 9.94. The van der Waals surface area contributed by atoms with Gasteiger partial charge in [0.1, 0.15) is 10.6 Å². The number of likely N-dealkylation sites (tertiary alicyclic amines) is 1. The van der Waals surface area contributed by atoms with E-state index in [-0.39, 0.29) is 57.3 Å². The van der Waals surface area contributed by atoms with Crippen molar-refractivity contribution in [2.45, 2.75) is 56.8 Å². The van der Waals surface area contributed by atoms with E-state index in [1.807, 2.05) is 0 Å². The van der Waals surface area contributed by atoms with E-state index in [2.05, 4.69) is 9.80 Å². The number of esters is 1. The Kier molecular flexibility index (Phi) is 10.6. The van der Waals surface area contributed by atoms with Gasteiger partial charge < -0.3 is 14.2 Å². The molecule has 3 heterocycles. The number of carbonyl (C=O) groups excluding carboxylic acids is 1. The summed E-state index contributed by atoms with van der Waals surface area (Å²) in [6, 6.07) is 8.08. The van der Waals surface area contributed by atoms with Crippen LogP contribution in [0.3, 0.4) is 0 Å². The van der Waals surface area contributed by atoms with Crippen LogP contribution in [0.1, 0.15) is 54.6 Å². The van der Waals surface area contributed by atoms with Gasteiger partial charge in [0.05, 0.1) is 55.0 Å². The summed E-state index contributed by atoms with van der Waals surface area (Å²) in [5.74, 6) is -0.797. The Morgan fingerprint density at radius 1 is 1.07 bits per heavy atom. The third kappa shape index (κ3) is 7.32. The summed E-state index contributed by atoms with van der Waals surface area (Å²) in [5, 5.41) is 0.235. The van der Waals surface area contributed by atoms with Crippen molar-refractivity contribution in [1.82, 2.24) is 14.8 Å². The maximum absolute atomic E-state index is 13.8. The zero-order valence-electron chi connectivity index (χ0n) is 26.4. The van der Waals surface area contributed by atoms with Crippen molar-refractivity contribution in [2.75, 3.05) is 58.9 Å². The average molecular weight is 664 g/mol. The number of hydrogen-bond donors (Lipinski definition) is 0. The van der Waals surface area contributed by atoms with Crippen LogP contribution < -0.4 is 4.74 Å². The number of alkyl halides is 3. The molecule has 0 N–H and O–H groups in total. The smallest absolute Gasteiger partial charge is 0.416 e. The molecular weight excluding hydrogens is 623 g/mol. The number of sulfone groups is 1. The van der Waals surface area contributed by atoms with Crippen molar-refractivity contribution in [1.29, 1.82) is 0 Å². The number of hydrogen-bond acceptors (Lipinski definition) is 9. The highest BCUT2D eigenvalue weighted by atomic mass is 32.2. The Morgan fingerprint density at radius 2 is 1.78 bits per heavy atom. The van der Waals surface area contributed by atoms with Gasteiger partial charge in [0.15, 0.2) is 9.84 Å². The number of ether oxygens (including phenoxy) is 3. The molecule has 13 heteroatoms.